The Hall–Kier alpha value is -5.70. The molecule has 3 saturated heterocycles. The van der Waals surface area contributed by atoms with Gasteiger partial charge in [0.05, 0.1) is 26.4 Å². The Balaban J connectivity index is 1.14. The molecule has 1 saturated carbocycles. The van der Waals surface area contributed by atoms with Crippen molar-refractivity contribution in [3.63, 3.8) is 0 Å². The van der Waals surface area contributed by atoms with Crippen LogP contribution in [0.1, 0.15) is 40.0 Å². The van der Waals surface area contributed by atoms with Gasteiger partial charge < -0.3 is 93.4 Å². The van der Waals surface area contributed by atoms with Crippen molar-refractivity contribution in [1.82, 2.24) is 0 Å². The van der Waals surface area contributed by atoms with Crippen LogP contribution in [-0.4, -0.2) is 175 Å². The number of carboxylic acids is 1. The maximum Gasteiger partial charge on any atom is 0.331 e. The van der Waals surface area contributed by atoms with E-state index < -0.39 is 144 Å². The van der Waals surface area contributed by atoms with Crippen molar-refractivity contribution >= 4 is 28.9 Å². The predicted octanol–water partition coefficient (Wildman–Crippen LogP) is -0.708. The third kappa shape index (κ3) is 10.0. The molecule has 0 radical (unpaired) electrons. The zero-order chi connectivity index (χ0) is 50.3. The lowest BCUT2D eigenvalue weighted by molar-refractivity contribution is -0.281. The molecule has 10 N–H and O–H groups in total. The minimum atomic E-state index is -2.05. The van der Waals surface area contributed by atoms with E-state index >= 15 is 0 Å². The predicted molar refractivity (Wildman–Crippen MR) is 230 cm³/mol. The molecule has 4 aliphatic rings. The summed E-state index contributed by atoms with van der Waals surface area (Å²) in [5.74, 6) is -5.34. The molecule has 376 valence electrons. The molecule has 4 unspecified atom stereocenters. The number of fused-ring (bicyclic) bond motifs is 3. The van der Waals surface area contributed by atoms with Gasteiger partial charge in [0.1, 0.15) is 95.2 Å². The fourth-order valence-electron chi connectivity index (χ4n) is 9.07. The van der Waals surface area contributed by atoms with Crippen molar-refractivity contribution < 1.29 is 108 Å². The molecule has 1 aromatic heterocycles. The lowest BCUT2D eigenvalue weighted by Gasteiger charge is -2.49. The Morgan fingerprint density at radius 2 is 1.55 bits per heavy atom. The second-order valence-electron chi connectivity index (χ2n) is 17.9. The minimum Gasteiger partial charge on any atom is -0.507 e. The fourth-order valence-corrected chi connectivity index (χ4v) is 9.07. The van der Waals surface area contributed by atoms with Crippen LogP contribution in [0, 0.1) is 5.41 Å². The number of benzene rings is 2. The van der Waals surface area contributed by atoms with Crippen molar-refractivity contribution in [2.45, 2.75) is 119 Å². The number of methoxy groups -OCH3 is 1. The van der Waals surface area contributed by atoms with E-state index in [-0.39, 0.29) is 47.9 Å². The van der Waals surface area contributed by atoms with Gasteiger partial charge in [-0.3, -0.25) is 14.4 Å². The zero-order valence-electron chi connectivity index (χ0n) is 37.6. The lowest BCUT2D eigenvalue weighted by Crippen LogP contribution is -2.61. The van der Waals surface area contributed by atoms with E-state index in [0.29, 0.717) is 5.57 Å². The number of carboxylic acid groups (broad SMARTS) is 1. The molecule has 0 amide bonds. The molecule has 1 aliphatic carbocycles. The van der Waals surface area contributed by atoms with E-state index in [0.717, 1.165) is 12.1 Å². The normalized spacial score (nSPS) is 34.6. The van der Waals surface area contributed by atoms with Crippen molar-refractivity contribution in [1.29, 1.82) is 0 Å². The molecule has 7 rings (SSSR count). The number of ether oxygens (including phenoxy) is 8. The molecule has 23 heteroatoms. The average Bonchev–Trinajstić information content (AvgIpc) is 3.37. The van der Waals surface area contributed by atoms with Crippen LogP contribution >= 0.6 is 0 Å². The van der Waals surface area contributed by atoms with E-state index in [9.17, 15) is 65.1 Å². The molecular formula is C46H54O23. The number of hydrogen-bond acceptors (Lipinski definition) is 22. The molecule has 2 aromatic carbocycles. The molecule has 69 heavy (non-hydrogen) atoms. The SMILES string of the molecule is COc1cc(O)c2c(=O)c(O[C@@H]3O[C@H](COC(=O)CC(=O)O)[C@@H](O)[C@H](O)[C@H]3O)c(-c3ccc(O[C@@H]4O[C@H](CO)[C@@H](O)[C@H](O)[C@H]4OC(=O)/C=C(C)/C=C/C4(O)C5(C)COC4(C)CC(O)C5)cc3)oc2c1. The van der Waals surface area contributed by atoms with Gasteiger partial charge in [-0.2, -0.15) is 0 Å². The van der Waals surface area contributed by atoms with Crippen molar-refractivity contribution in [3.05, 3.63) is 70.4 Å². The third-order valence-corrected chi connectivity index (χ3v) is 12.9. The fraction of sp³-hybridized carbons (Fsp3) is 0.522. The average molecular weight is 975 g/mol. The van der Waals surface area contributed by atoms with E-state index in [1.807, 2.05) is 0 Å². The smallest absolute Gasteiger partial charge is 0.331 e. The number of carbonyl (C=O) groups excluding carboxylic acids is 2. The van der Waals surface area contributed by atoms with Gasteiger partial charge in [0, 0.05) is 35.6 Å². The summed E-state index contributed by atoms with van der Waals surface area (Å²) in [6.07, 6.45) is -15.0. The van der Waals surface area contributed by atoms with Crippen LogP contribution in [0.15, 0.2) is 69.4 Å². The molecule has 3 aromatic rings. The van der Waals surface area contributed by atoms with Crippen LogP contribution < -0.4 is 19.6 Å². The molecule has 4 fully saturated rings. The zero-order valence-corrected chi connectivity index (χ0v) is 37.6. The van der Waals surface area contributed by atoms with Crippen LogP contribution in [0.25, 0.3) is 22.3 Å². The summed E-state index contributed by atoms with van der Waals surface area (Å²) in [4.78, 5) is 50.3. The van der Waals surface area contributed by atoms with Crippen LogP contribution in [0.2, 0.25) is 0 Å². The second-order valence-corrected chi connectivity index (χ2v) is 17.9. The highest BCUT2D eigenvalue weighted by atomic mass is 16.7. The molecule has 23 nitrogen and oxygen atoms in total. The maximum atomic E-state index is 14.2. The molecule has 14 atom stereocenters. The molecule has 0 spiro atoms. The van der Waals surface area contributed by atoms with Gasteiger partial charge in [0.15, 0.2) is 11.9 Å². The van der Waals surface area contributed by atoms with Gasteiger partial charge in [0.25, 0.3) is 0 Å². The first-order chi connectivity index (χ1) is 32.5. The monoisotopic (exact) mass is 974 g/mol. The minimum absolute atomic E-state index is 0.0298. The highest BCUT2D eigenvalue weighted by Gasteiger charge is 2.67. The van der Waals surface area contributed by atoms with E-state index in [1.165, 1.54) is 49.6 Å². The van der Waals surface area contributed by atoms with Gasteiger partial charge in [-0.1, -0.05) is 13.0 Å². The van der Waals surface area contributed by atoms with Crippen LogP contribution in [0.4, 0.5) is 0 Å². The maximum absolute atomic E-state index is 14.2. The summed E-state index contributed by atoms with van der Waals surface area (Å²) < 4.78 is 50.8. The number of phenols is 1. The lowest BCUT2D eigenvalue weighted by atomic mass is 9.59. The number of hydrogen-bond donors (Lipinski definition) is 10. The summed E-state index contributed by atoms with van der Waals surface area (Å²) in [7, 11) is 1.30. The summed E-state index contributed by atoms with van der Waals surface area (Å²) >= 11 is 0. The van der Waals surface area contributed by atoms with Gasteiger partial charge >= 0.3 is 17.9 Å². The van der Waals surface area contributed by atoms with E-state index in [1.54, 1.807) is 20.8 Å². The molecule has 3 aliphatic heterocycles. The van der Waals surface area contributed by atoms with Crippen molar-refractivity contribution in [3.8, 4) is 34.3 Å². The molecular weight excluding hydrogens is 920 g/mol. The number of aliphatic hydroxyl groups excluding tert-OH is 7. The topological polar surface area (TPSA) is 358 Å². The van der Waals surface area contributed by atoms with Crippen LogP contribution in [0.5, 0.6) is 23.0 Å². The van der Waals surface area contributed by atoms with Gasteiger partial charge in [0.2, 0.25) is 23.8 Å². The van der Waals surface area contributed by atoms with Gasteiger partial charge in [-0.25, -0.2) is 4.79 Å². The Morgan fingerprint density at radius 1 is 0.870 bits per heavy atom. The Kier molecular flexibility index (Phi) is 14.8. The molecule has 2 bridgehead atoms. The Labute approximate surface area is 391 Å². The highest BCUT2D eigenvalue weighted by molar-refractivity contribution is 5.90. The van der Waals surface area contributed by atoms with Crippen LogP contribution in [0.3, 0.4) is 0 Å². The number of carbonyl (C=O) groups is 3. The standard InChI is InChI=1S/C46H54O23/c1-20(9-10-46(60)44(2)15-22(48)16-45(46,3)63-19-44)11-31(53)68-41-37(58)33(54)27(17-47)66-43(41)64-23-7-5-21(6-8-23)39-40(35(56)32-25(49)12-24(61-4)13-26(32)65-39)69-42-38(59)36(57)34(55)28(67-42)18-62-30(52)14-29(50)51/h5-13,22,27-28,33-34,36-38,41-43,47-49,54-55,57-60H,14-19H2,1-4H3,(H,50,51)/b10-9+,20-11+/t22?,27-,28-,33-,34-,36+,37+,38-,41-,42+,43-,44?,45?,46?/m1/s1. The largest absolute Gasteiger partial charge is 0.507 e. The number of aromatic hydroxyl groups is 1. The van der Waals surface area contributed by atoms with Gasteiger partial charge in [-0.15, -0.1) is 0 Å². The van der Waals surface area contributed by atoms with E-state index in [4.69, 9.17) is 47.4 Å². The first kappa shape index (κ1) is 51.2. The number of esters is 2. The second kappa shape index (κ2) is 20.0. The number of phenolic OH excluding ortho intramolecular Hbond substituents is 1. The number of rotatable bonds is 15. The van der Waals surface area contributed by atoms with Crippen molar-refractivity contribution in [2.75, 3.05) is 26.9 Å². The summed E-state index contributed by atoms with van der Waals surface area (Å²) in [5.41, 5.74) is -4.27. The van der Waals surface area contributed by atoms with Crippen LogP contribution in [-0.2, 0) is 38.1 Å². The third-order valence-electron chi connectivity index (χ3n) is 12.9. The summed E-state index contributed by atoms with van der Waals surface area (Å²) in [6.45, 7) is 3.67. The first-order valence-electron chi connectivity index (χ1n) is 21.7. The summed E-state index contributed by atoms with van der Waals surface area (Å²) in [5, 5.41) is 105. The quantitative estimate of drug-likeness (QED) is 0.0389. The van der Waals surface area contributed by atoms with Crippen molar-refractivity contribution in [2.24, 2.45) is 5.41 Å². The number of allylic oxidation sites excluding steroid dienone is 2. The molecule has 4 heterocycles. The number of aliphatic hydroxyl groups is 8. The number of aliphatic carboxylic acids is 1. The summed E-state index contributed by atoms with van der Waals surface area (Å²) in [6, 6.07) is 7.70. The van der Waals surface area contributed by atoms with E-state index in [2.05, 4.69) is 0 Å². The highest BCUT2D eigenvalue weighted by Crippen LogP contribution is 2.57. The van der Waals surface area contributed by atoms with Gasteiger partial charge in [-0.05, 0) is 56.2 Å². The first-order valence-corrected chi connectivity index (χ1v) is 21.7. The Morgan fingerprint density at radius 3 is 2.20 bits per heavy atom. The Bertz CT molecular complexity index is 2500.